The molecule has 2 aromatic heterocycles. The largest absolute Gasteiger partial charge is 0.339 e. The first-order valence-electron chi connectivity index (χ1n) is 11.0. The van der Waals surface area contributed by atoms with Crippen molar-refractivity contribution in [3.05, 3.63) is 64.9 Å². The van der Waals surface area contributed by atoms with E-state index in [-0.39, 0.29) is 11.8 Å². The number of benzene rings is 1. The number of hydrogen-bond donors (Lipinski definition) is 0. The molecule has 1 fully saturated rings. The molecule has 3 heterocycles. The van der Waals surface area contributed by atoms with E-state index in [4.69, 9.17) is 0 Å². The minimum atomic E-state index is -0.526. The summed E-state index contributed by atoms with van der Waals surface area (Å²) in [6.45, 7) is 5.81. The van der Waals surface area contributed by atoms with Crippen molar-refractivity contribution in [1.82, 2.24) is 24.4 Å². The van der Waals surface area contributed by atoms with Crippen LogP contribution in [0.4, 0.5) is 0 Å². The average molecular weight is 450 g/mol. The van der Waals surface area contributed by atoms with Crippen LogP contribution in [0.25, 0.3) is 11.1 Å². The Balaban J connectivity index is 1.59. The fraction of sp³-hybridized carbons (Fsp3) is 0.375. The van der Waals surface area contributed by atoms with Crippen molar-refractivity contribution >= 4 is 23.3 Å². The van der Waals surface area contributed by atoms with Crippen molar-refractivity contribution in [3.63, 3.8) is 0 Å². The van der Waals surface area contributed by atoms with Crippen molar-refractivity contribution in [2.75, 3.05) is 19.6 Å². The number of hydrogen-bond acceptors (Lipinski definition) is 6. The molecule has 1 aliphatic rings. The van der Waals surface area contributed by atoms with Gasteiger partial charge in [-0.15, -0.1) is 5.10 Å². The third kappa shape index (κ3) is 4.55. The van der Waals surface area contributed by atoms with E-state index >= 15 is 0 Å². The second kappa shape index (κ2) is 9.99. The normalized spacial score (nSPS) is 16.4. The molecular weight excluding hydrogens is 422 g/mol. The van der Waals surface area contributed by atoms with Gasteiger partial charge in [-0.3, -0.25) is 14.6 Å². The first-order valence-corrected chi connectivity index (χ1v) is 11.8. The molecule has 3 aromatic rings. The first-order chi connectivity index (χ1) is 15.6. The number of pyridine rings is 1. The molecule has 4 rings (SSSR count). The number of rotatable bonds is 7. The van der Waals surface area contributed by atoms with Crippen molar-refractivity contribution in [2.24, 2.45) is 0 Å². The Hall–Kier alpha value is -3.13. The third-order valence-electron chi connectivity index (χ3n) is 5.82. The second-order valence-electron chi connectivity index (χ2n) is 7.88. The van der Waals surface area contributed by atoms with E-state index in [2.05, 4.69) is 33.6 Å². The van der Waals surface area contributed by atoms with E-state index in [1.807, 2.05) is 36.1 Å². The minimum absolute atomic E-state index is 0.0141. The maximum atomic E-state index is 13.4. The number of aryl methyl sites for hydroxylation is 1. The van der Waals surface area contributed by atoms with Crippen LogP contribution >= 0.6 is 11.5 Å². The molecule has 32 heavy (non-hydrogen) atoms. The van der Waals surface area contributed by atoms with Gasteiger partial charge in [0.25, 0.3) is 5.91 Å². The van der Waals surface area contributed by atoms with E-state index < -0.39 is 6.04 Å². The van der Waals surface area contributed by atoms with Crippen LogP contribution in [-0.4, -0.2) is 61.9 Å². The van der Waals surface area contributed by atoms with Gasteiger partial charge in [-0.25, -0.2) is 0 Å². The lowest BCUT2D eigenvalue weighted by Gasteiger charge is -2.40. The molecule has 0 N–H and O–H groups in total. The Morgan fingerprint density at radius 1 is 1.06 bits per heavy atom. The van der Waals surface area contributed by atoms with Crippen LogP contribution in [0.5, 0.6) is 0 Å². The van der Waals surface area contributed by atoms with Gasteiger partial charge < -0.3 is 9.80 Å². The molecule has 7 nitrogen and oxygen atoms in total. The minimum Gasteiger partial charge on any atom is -0.339 e. The number of carbonyl (C=O) groups excluding carboxylic acids is 2. The van der Waals surface area contributed by atoms with Crippen LogP contribution in [0.1, 0.15) is 41.2 Å². The van der Waals surface area contributed by atoms with Crippen molar-refractivity contribution < 1.29 is 9.59 Å². The maximum Gasteiger partial charge on any atom is 0.268 e. The molecule has 0 aliphatic carbocycles. The fourth-order valence-electron chi connectivity index (χ4n) is 4.10. The molecule has 2 amide bonds. The predicted octanol–water partition coefficient (Wildman–Crippen LogP) is 3.47. The molecule has 166 valence electrons. The Labute approximate surface area is 192 Å². The van der Waals surface area contributed by atoms with Crippen LogP contribution in [0.15, 0.2) is 48.8 Å². The molecule has 0 saturated carbocycles. The molecule has 0 bridgehead atoms. The summed E-state index contributed by atoms with van der Waals surface area (Å²) >= 11 is 1.11. The summed E-state index contributed by atoms with van der Waals surface area (Å²) in [5.41, 5.74) is 3.91. The summed E-state index contributed by atoms with van der Waals surface area (Å²) in [6.07, 6.45) is 5.56. The van der Waals surface area contributed by atoms with Gasteiger partial charge in [-0.2, -0.15) is 0 Å². The molecule has 1 aromatic carbocycles. The smallest absolute Gasteiger partial charge is 0.268 e. The molecular formula is C24H27N5O2S. The van der Waals surface area contributed by atoms with Gasteiger partial charge in [0.1, 0.15) is 10.9 Å². The quantitative estimate of drug-likeness (QED) is 0.552. The third-order valence-corrected chi connectivity index (χ3v) is 6.58. The zero-order chi connectivity index (χ0) is 22.5. The Morgan fingerprint density at radius 3 is 2.47 bits per heavy atom. The summed E-state index contributed by atoms with van der Waals surface area (Å²) in [6, 6.07) is 11.6. The lowest BCUT2D eigenvalue weighted by Crippen LogP contribution is -2.59. The molecule has 8 heteroatoms. The zero-order valence-electron chi connectivity index (χ0n) is 18.4. The number of aromatic nitrogens is 3. The Kier molecular flexibility index (Phi) is 6.90. The summed E-state index contributed by atoms with van der Waals surface area (Å²) in [5, 5.41) is 4.08. The van der Waals surface area contributed by atoms with Crippen LogP contribution < -0.4 is 0 Å². The highest BCUT2D eigenvalue weighted by Crippen LogP contribution is 2.24. The maximum absolute atomic E-state index is 13.4. The Morgan fingerprint density at radius 2 is 1.78 bits per heavy atom. The van der Waals surface area contributed by atoms with Crippen LogP contribution in [0.3, 0.4) is 0 Å². The topological polar surface area (TPSA) is 79.3 Å². The first kappa shape index (κ1) is 22.1. The van der Waals surface area contributed by atoms with Gasteiger partial charge >= 0.3 is 0 Å². The lowest BCUT2D eigenvalue weighted by molar-refractivity contribution is -0.140. The van der Waals surface area contributed by atoms with Gasteiger partial charge in [-0.05, 0) is 53.2 Å². The van der Waals surface area contributed by atoms with E-state index in [1.165, 1.54) is 0 Å². The predicted molar refractivity (Wildman–Crippen MR) is 124 cm³/mol. The Bertz CT molecular complexity index is 1070. The van der Waals surface area contributed by atoms with Crippen LogP contribution in [0.2, 0.25) is 0 Å². The molecule has 1 atom stereocenters. The monoisotopic (exact) mass is 449 g/mol. The van der Waals surface area contributed by atoms with Gasteiger partial charge in [0.05, 0.1) is 5.69 Å². The second-order valence-corrected chi connectivity index (χ2v) is 8.63. The highest BCUT2D eigenvalue weighted by Gasteiger charge is 2.38. The van der Waals surface area contributed by atoms with Gasteiger partial charge in [0.2, 0.25) is 5.91 Å². The highest BCUT2D eigenvalue weighted by atomic mass is 32.1. The number of nitrogens with zero attached hydrogens (tertiary/aromatic N) is 5. The van der Waals surface area contributed by atoms with Crippen molar-refractivity contribution in [1.29, 1.82) is 0 Å². The average Bonchev–Trinajstić information content (AvgIpc) is 3.31. The molecule has 0 spiro atoms. The fourth-order valence-corrected chi connectivity index (χ4v) is 4.81. The zero-order valence-corrected chi connectivity index (χ0v) is 19.2. The summed E-state index contributed by atoms with van der Waals surface area (Å²) in [5.74, 6) is -0.125. The molecule has 1 unspecified atom stereocenters. The highest BCUT2D eigenvalue weighted by molar-refractivity contribution is 7.08. The van der Waals surface area contributed by atoms with Gasteiger partial charge in [0, 0.05) is 38.4 Å². The molecule has 1 saturated heterocycles. The number of amides is 2. The van der Waals surface area contributed by atoms with Crippen molar-refractivity contribution in [2.45, 2.75) is 39.2 Å². The van der Waals surface area contributed by atoms with E-state index in [1.54, 1.807) is 17.3 Å². The van der Waals surface area contributed by atoms with Crippen LogP contribution in [0, 0.1) is 0 Å². The van der Waals surface area contributed by atoms with Crippen molar-refractivity contribution in [3.8, 4) is 11.1 Å². The molecule has 1 aliphatic heterocycles. The number of carbonyl (C=O) groups is 2. The van der Waals surface area contributed by atoms with Gasteiger partial charge in [0.15, 0.2) is 0 Å². The van der Waals surface area contributed by atoms with E-state index in [0.717, 1.165) is 34.6 Å². The standard InChI is InChI=1S/C24H27N5O2S/c1-3-13-28-14-15-29(24(31)22-20(4-2)26-27-32-22)21(23(28)30)16-17-5-7-18(8-6-17)19-9-11-25-12-10-19/h5-12,21H,3-4,13-16H2,1-2H3. The SMILES string of the molecule is CCCN1CCN(C(=O)c2snnc2CC)C(Cc2ccc(-c3ccncc3)cc2)C1=O. The summed E-state index contributed by atoms with van der Waals surface area (Å²) in [7, 11) is 0. The lowest BCUT2D eigenvalue weighted by atomic mass is 9.98. The van der Waals surface area contributed by atoms with Crippen LogP contribution in [-0.2, 0) is 17.6 Å². The molecule has 0 radical (unpaired) electrons. The van der Waals surface area contributed by atoms with E-state index in [0.29, 0.717) is 43.0 Å². The summed E-state index contributed by atoms with van der Waals surface area (Å²) in [4.78, 5) is 34.9. The van der Waals surface area contributed by atoms with E-state index in [9.17, 15) is 9.59 Å². The summed E-state index contributed by atoms with van der Waals surface area (Å²) < 4.78 is 3.96. The number of piperazine rings is 1. The van der Waals surface area contributed by atoms with Gasteiger partial charge in [-0.1, -0.05) is 42.6 Å².